The van der Waals surface area contributed by atoms with Crippen LogP contribution in [0.2, 0.25) is 0 Å². The van der Waals surface area contributed by atoms with E-state index < -0.39 is 30.3 Å². The second kappa shape index (κ2) is 13.2. The molecule has 1 aliphatic heterocycles. The van der Waals surface area contributed by atoms with E-state index in [1.54, 1.807) is 57.1 Å². The Kier molecular flexibility index (Phi) is 9.63. The minimum Gasteiger partial charge on any atom is -0.444 e. The number of rotatable bonds is 8. The minimum atomic E-state index is -1.11. The van der Waals surface area contributed by atoms with Gasteiger partial charge in [-0.25, -0.2) is 9.78 Å². The smallest absolute Gasteiger partial charge is 0.408 e. The van der Waals surface area contributed by atoms with E-state index in [1.807, 2.05) is 24.3 Å². The molecule has 1 atom stereocenters. The first-order valence-electron chi connectivity index (χ1n) is 13.4. The zero-order valence-corrected chi connectivity index (χ0v) is 25.4. The number of nitrogens with zero attached hydrogens (tertiary/aromatic N) is 3. The van der Waals surface area contributed by atoms with Gasteiger partial charge in [0.05, 0.1) is 22.3 Å². The summed E-state index contributed by atoms with van der Waals surface area (Å²) in [5.41, 5.74) is 3.06. The molecule has 0 spiro atoms. The fourth-order valence-corrected chi connectivity index (χ4v) is 4.67. The largest absolute Gasteiger partial charge is 0.444 e. The number of para-hydroxylation sites is 1. The van der Waals surface area contributed by atoms with Crippen LogP contribution in [0.1, 0.15) is 42.3 Å². The van der Waals surface area contributed by atoms with E-state index in [-0.39, 0.29) is 5.91 Å². The monoisotopic (exact) mass is 639 g/mol. The number of benzene rings is 2. The van der Waals surface area contributed by atoms with Crippen LogP contribution in [0.4, 0.5) is 27.9 Å². The molecule has 2 heterocycles. The van der Waals surface area contributed by atoms with Crippen LogP contribution in [0.5, 0.6) is 0 Å². The molecule has 0 saturated carbocycles. The summed E-state index contributed by atoms with van der Waals surface area (Å²) in [6.45, 7) is 5.37. The van der Waals surface area contributed by atoms with Gasteiger partial charge in [-0.05, 0) is 78.5 Å². The summed E-state index contributed by atoms with van der Waals surface area (Å²) in [6.07, 6.45) is 1.46. The third kappa shape index (κ3) is 7.74. The molecule has 5 N–H and O–H groups in total. The topological polar surface area (TPSA) is 158 Å². The molecule has 4 rings (SSSR count). The number of nitrogens with one attached hydrogen (secondary N) is 4. The van der Waals surface area contributed by atoms with Crippen molar-refractivity contribution in [2.45, 2.75) is 45.4 Å². The number of aliphatic hydroxyl groups is 1. The molecule has 1 aromatic heterocycles. The van der Waals surface area contributed by atoms with Gasteiger partial charge in [-0.1, -0.05) is 18.2 Å². The molecule has 0 radical (unpaired) electrons. The van der Waals surface area contributed by atoms with Gasteiger partial charge in [0.1, 0.15) is 17.5 Å². The maximum Gasteiger partial charge on any atom is 0.408 e. The number of hydrogen-bond donors (Lipinski definition) is 5. The number of aliphatic hydroxyl groups excluding tert-OH is 1. The zero-order chi connectivity index (χ0) is 30.4. The summed E-state index contributed by atoms with van der Waals surface area (Å²) >= 11 is 3.46. The van der Waals surface area contributed by atoms with Gasteiger partial charge in [0.2, 0.25) is 11.9 Å². The number of amides is 3. The van der Waals surface area contributed by atoms with E-state index in [4.69, 9.17) is 4.74 Å². The van der Waals surface area contributed by atoms with Crippen LogP contribution in [0.3, 0.4) is 0 Å². The Bertz CT molecular complexity index is 1480. The quantitative estimate of drug-likeness (QED) is 0.247. The average Bonchev–Trinajstić information content (AvgIpc) is 2.96. The predicted octanol–water partition coefficient (Wildman–Crippen LogP) is 3.86. The number of alkyl carbamates (subject to hydrolysis) is 1. The predicted molar refractivity (Wildman–Crippen MR) is 162 cm³/mol. The van der Waals surface area contributed by atoms with E-state index in [0.717, 1.165) is 11.1 Å². The number of halogens is 1. The van der Waals surface area contributed by atoms with Crippen molar-refractivity contribution < 1.29 is 24.2 Å². The van der Waals surface area contributed by atoms with Gasteiger partial charge < -0.3 is 36.0 Å². The van der Waals surface area contributed by atoms with Crippen molar-refractivity contribution in [2.24, 2.45) is 0 Å². The molecule has 2 aromatic carbocycles. The van der Waals surface area contributed by atoms with E-state index in [2.05, 4.69) is 47.2 Å². The average molecular weight is 641 g/mol. The van der Waals surface area contributed by atoms with Crippen molar-refractivity contribution in [3.05, 3.63) is 69.8 Å². The molecule has 1 aliphatic rings. The second-order valence-electron chi connectivity index (χ2n) is 10.6. The van der Waals surface area contributed by atoms with Crippen molar-refractivity contribution in [3.63, 3.8) is 0 Å². The Labute approximate surface area is 252 Å². The molecule has 0 bridgehead atoms. The third-order valence-corrected chi connectivity index (χ3v) is 6.93. The van der Waals surface area contributed by atoms with Gasteiger partial charge in [0.25, 0.3) is 5.91 Å². The molecule has 13 heteroatoms. The molecule has 222 valence electrons. The summed E-state index contributed by atoms with van der Waals surface area (Å²) in [5, 5.41) is 21.3. The minimum absolute atomic E-state index is 0.228. The lowest BCUT2D eigenvalue weighted by Gasteiger charge is -2.32. The third-order valence-electron chi connectivity index (χ3n) is 6.35. The first-order chi connectivity index (χ1) is 20.0. The lowest BCUT2D eigenvalue weighted by atomic mass is 9.98. The molecule has 12 nitrogen and oxygen atoms in total. The summed E-state index contributed by atoms with van der Waals surface area (Å²) in [7, 11) is 1.57. The molecule has 3 amide bonds. The summed E-state index contributed by atoms with van der Waals surface area (Å²) in [6, 6.07) is 11.8. The number of aromatic nitrogens is 2. The Morgan fingerprint density at radius 2 is 1.88 bits per heavy atom. The molecule has 0 unspecified atom stereocenters. The van der Waals surface area contributed by atoms with E-state index in [0.29, 0.717) is 52.7 Å². The van der Waals surface area contributed by atoms with Crippen molar-refractivity contribution in [1.82, 2.24) is 25.5 Å². The zero-order valence-electron chi connectivity index (χ0n) is 23.8. The van der Waals surface area contributed by atoms with Gasteiger partial charge in [-0.15, -0.1) is 0 Å². The first kappa shape index (κ1) is 30.7. The van der Waals surface area contributed by atoms with Crippen LogP contribution < -0.4 is 21.3 Å². The molecule has 0 aliphatic carbocycles. The number of anilines is 4. The van der Waals surface area contributed by atoms with Gasteiger partial charge in [-0.2, -0.15) is 4.98 Å². The molecular formula is C29H34BrN7O5. The highest BCUT2D eigenvalue weighted by Gasteiger charge is 2.30. The SMILES string of the molecule is CNC(=O)c1ccccc1Nc1nc(Nc2ccc3c(c2)CN(C(=O)[C@H](CO)NC(=O)OC(C)(C)C)CC3)ncc1Br. The van der Waals surface area contributed by atoms with Crippen molar-refractivity contribution >= 4 is 57.0 Å². The van der Waals surface area contributed by atoms with Gasteiger partial charge in [0.15, 0.2) is 0 Å². The number of fused-ring (bicyclic) bond motifs is 1. The Morgan fingerprint density at radius 3 is 2.60 bits per heavy atom. The van der Waals surface area contributed by atoms with Crippen molar-refractivity contribution in [1.29, 1.82) is 0 Å². The first-order valence-corrected chi connectivity index (χ1v) is 14.2. The Morgan fingerprint density at radius 1 is 1.12 bits per heavy atom. The van der Waals surface area contributed by atoms with Crippen LogP contribution >= 0.6 is 15.9 Å². The van der Waals surface area contributed by atoms with Gasteiger partial charge in [0, 0.05) is 32.0 Å². The highest BCUT2D eigenvalue weighted by atomic mass is 79.9. The summed E-state index contributed by atoms with van der Waals surface area (Å²) in [4.78, 5) is 48.1. The van der Waals surface area contributed by atoms with Gasteiger partial charge in [-0.3, -0.25) is 9.59 Å². The molecule has 0 fully saturated rings. The Balaban J connectivity index is 1.47. The highest BCUT2D eigenvalue weighted by molar-refractivity contribution is 9.10. The van der Waals surface area contributed by atoms with Crippen LogP contribution in [-0.4, -0.2) is 69.7 Å². The highest BCUT2D eigenvalue weighted by Crippen LogP contribution is 2.29. The van der Waals surface area contributed by atoms with E-state index >= 15 is 0 Å². The van der Waals surface area contributed by atoms with Crippen LogP contribution in [0.15, 0.2) is 53.1 Å². The van der Waals surface area contributed by atoms with Crippen LogP contribution in [0.25, 0.3) is 0 Å². The molecular weight excluding hydrogens is 606 g/mol. The normalized spacial score (nSPS) is 13.4. The van der Waals surface area contributed by atoms with E-state index in [1.165, 1.54) is 0 Å². The lowest BCUT2D eigenvalue weighted by Crippen LogP contribution is -2.52. The number of carbonyl (C=O) groups is 3. The van der Waals surface area contributed by atoms with Crippen LogP contribution in [0, 0.1) is 0 Å². The Hall–Kier alpha value is -4.23. The summed E-state index contributed by atoms with van der Waals surface area (Å²) < 4.78 is 5.84. The molecule has 42 heavy (non-hydrogen) atoms. The summed E-state index contributed by atoms with van der Waals surface area (Å²) in [5.74, 6) is 0.167. The van der Waals surface area contributed by atoms with Gasteiger partial charge >= 0.3 is 6.09 Å². The van der Waals surface area contributed by atoms with Crippen molar-refractivity contribution in [3.8, 4) is 0 Å². The standard InChI is InChI=1S/C29H34BrN7O5/c1-29(2,3)42-28(41)35-23(16-38)26(40)37-12-11-17-9-10-19(13-18(17)15-37)33-27-32-14-21(30)24(36-27)34-22-8-6-5-7-20(22)25(39)31-4/h5-10,13-14,23,38H,11-12,15-16H2,1-4H3,(H,31,39)(H,35,41)(H2,32,33,34,36)/t23-/m0/s1. The maximum atomic E-state index is 13.1. The number of hydrogen-bond acceptors (Lipinski definition) is 9. The lowest BCUT2D eigenvalue weighted by molar-refractivity contribution is -0.135. The van der Waals surface area contributed by atoms with E-state index in [9.17, 15) is 19.5 Å². The fourth-order valence-electron chi connectivity index (χ4n) is 4.38. The number of ether oxygens (including phenoxy) is 1. The fraction of sp³-hybridized carbons (Fsp3) is 0.345. The maximum absolute atomic E-state index is 13.1. The van der Waals surface area contributed by atoms with Crippen LogP contribution in [-0.2, 0) is 22.5 Å². The second-order valence-corrected chi connectivity index (χ2v) is 11.5. The molecule has 3 aromatic rings. The van der Waals surface area contributed by atoms with Crippen molar-refractivity contribution in [2.75, 3.05) is 30.8 Å². The molecule has 0 saturated heterocycles. The number of carbonyl (C=O) groups excluding carboxylic acids is 3.